The largest absolute Gasteiger partial charge is 0.407 e. The maximum absolute atomic E-state index is 11.1. The lowest BCUT2D eigenvalue weighted by Crippen LogP contribution is -2.47. The van der Waals surface area contributed by atoms with Crippen LogP contribution < -0.4 is 0 Å². The van der Waals surface area contributed by atoms with Crippen LogP contribution in [0, 0.1) is 5.41 Å². The lowest BCUT2D eigenvalue weighted by atomic mass is 9.90. The second kappa shape index (κ2) is 4.38. The maximum atomic E-state index is 11.1. The maximum Gasteiger partial charge on any atom is 0.193 e. The van der Waals surface area contributed by atoms with Gasteiger partial charge in [-0.15, -0.1) is 0 Å². The van der Waals surface area contributed by atoms with Gasteiger partial charge in [0.1, 0.15) is 12.4 Å². The van der Waals surface area contributed by atoms with Crippen molar-refractivity contribution in [2.24, 2.45) is 5.41 Å². The molecule has 0 rings (SSSR count). The Labute approximate surface area is 95.5 Å². The molecular weight excluding hydrogens is 204 g/mol. The smallest absolute Gasteiger partial charge is 0.193 e. The van der Waals surface area contributed by atoms with E-state index in [1.165, 1.54) is 0 Å². The van der Waals surface area contributed by atoms with Gasteiger partial charge in [-0.2, -0.15) is 0 Å². The van der Waals surface area contributed by atoms with Gasteiger partial charge < -0.3 is 9.22 Å². The van der Waals surface area contributed by atoms with E-state index >= 15 is 0 Å². The molecule has 0 aromatic carbocycles. The quantitative estimate of drug-likeness (QED) is 0.547. The van der Waals surface area contributed by atoms with E-state index in [0.29, 0.717) is 0 Å². The Morgan fingerprint density at radius 1 is 1.07 bits per heavy atom. The number of hydrogen-bond acceptors (Lipinski definition) is 2. The third-order valence-corrected chi connectivity index (χ3v) is 7.66. The van der Waals surface area contributed by atoms with Crippen molar-refractivity contribution in [1.82, 2.24) is 0 Å². The van der Waals surface area contributed by atoms with Gasteiger partial charge in [0.2, 0.25) is 0 Å². The van der Waals surface area contributed by atoms with Crippen LogP contribution in [0.1, 0.15) is 41.5 Å². The molecule has 0 aliphatic carbocycles. The van der Waals surface area contributed by atoms with Crippen LogP contribution in [0.4, 0.5) is 0 Å². The summed E-state index contributed by atoms with van der Waals surface area (Å²) in [5, 5.41) is 0.152. The van der Waals surface area contributed by atoms with Crippen LogP contribution in [-0.4, -0.2) is 20.7 Å². The summed E-state index contributed by atoms with van der Waals surface area (Å²) in [5.74, 6) is 0. The molecule has 0 spiro atoms. The Balaban J connectivity index is 4.78. The van der Waals surface area contributed by atoms with E-state index < -0.39 is 8.32 Å². The second-order valence-electron chi connectivity index (χ2n) is 6.80. The molecule has 0 N–H and O–H groups in total. The summed E-state index contributed by atoms with van der Waals surface area (Å²) in [6.45, 7) is 17.0. The van der Waals surface area contributed by atoms with E-state index in [-0.39, 0.29) is 16.6 Å². The molecule has 0 radical (unpaired) electrons. The molecule has 0 aliphatic heterocycles. The summed E-state index contributed by atoms with van der Waals surface area (Å²) < 4.78 is 6.09. The third-order valence-electron chi connectivity index (χ3n) is 3.20. The lowest BCUT2D eigenvalue weighted by molar-refractivity contribution is -0.118. The highest BCUT2D eigenvalue weighted by molar-refractivity contribution is 6.74. The number of carbonyl (C=O) groups excluding carboxylic acids is 1. The van der Waals surface area contributed by atoms with Crippen LogP contribution in [0.15, 0.2) is 0 Å². The first kappa shape index (κ1) is 14.8. The standard InChI is InChI=1S/C12H26O2Si/c1-11(2,3)10(9-13)14-15(7,8)12(4,5)6/h9-10H,1-8H3. The molecular formula is C12H26O2Si. The molecule has 1 atom stereocenters. The lowest BCUT2D eigenvalue weighted by Gasteiger charge is -2.41. The summed E-state index contributed by atoms with van der Waals surface area (Å²) in [6.07, 6.45) is 0.652. The summed E-state index contributed by atoms with van der Waals surface area (Å²) in [7, 11) is -1.83. The van der Waals surface area contributed by atoms with Gasteiger partial charge in [0, 0.05) is 0 Å². The van der Waals surface area contributed by atoms with Crippen LogP contribution >= 0.6 is 0 Å². The monoisotopic (exact) mass is 230 g/mol. The highest BCUT2D eigenvalue weighted by atomic mass is 28.4. The molecule has 90 valence electrons. The molecule has 0 heterocycles. The Kier molecular flexibility index (Phi) is 4.33. The Morgan fingerprint density at radius 2 is 1.47 bits per heavy atom. The van der Waals surface area contributed by atoms with Crippen LogP contribution in [0.3, 0.4) is 0 Å². The predicted molar refractivity (Wildman–Crippen MR) is 67.6 cm³/mol. The fourth-order valence-corrected chi connectivity index (χ4v) is 2.30. The van der Waals surface area contributed by atoms with Crippen molar-refractivity contribution in [2.45, 2.75) is 65.8 Å². The number of carbonyl (C=O) groups is 1. The molecule has 0 aliphatic rings. The van der Waals surface area contributed by atoms with Gasteiger partial charge in [0.25, 0.3) is 0 Å². The van der Waals surface area contributed by atoms with Crippen molar-refractivity contribution in [3.05, 3.63) is 0 Å². The second-order valence-corrected chi connectivity index (χ2v) is 11.6. The minimum atomic E-state index is -1.83. The first-order valence-corrected chi connectivity index (χ1v) is 8.46. The van der Waals surface area contributed by atoms with Crippen molar-refractivity contribution in [3.8, 4) is 0 Å². The fourth-order valence-electron chi connectivity index (χ4n) is 0.903. The minimum Gasteiger partial charge on any atom is -0.407 e. The molecule has 0 saturated heterocycles. The molecule has 0 aromatic rings. The van der Waals surface area contributed by atoms with Gasteiger partial charge in [0.15, 0.2) is 8.32 Å². The fraction of sp³-hybridized carbons (Fsp3) is 0.917. The average molecular weight is 230 g/mol. The first-order valence-electron chi connectivity index (χ1n) is 5.55. The van der Waals surface area contributed by atoms with Gasteiger partial charge in [0.05, 0.1) is 0 Å². The normalized spacial score (nSPS) is 16.3. The van der Waals surface area contributed by atoms with Gasteiger partial charge in [-0.3, -0.25) is 0 Å². The van der Waals surface area contributed by atoms with Gasteiger partial charge in [-0.1, -0.05) is 41.5 Å². The van der Waals surface area contributed by atoms with Gasteiger partial charge in [-0.05, 0) is 23.5 Å². The number of hydrogen-bond donors (Lipinski definition) is 0. The molecule has 1 unspecified atom stereocenters. The molecule has 2 nitrogen and oxygen atoms in total. The van der Waals surface area contributed by atoms with Crippen LogP contribution in [0.25, 0.3) is 0 Å². The zero-order valence-corrected chi connectivity index (χ0v) is 12.5. The molecule has 0 aromatic heterocycles. The van der Waals surface area contributed by atoms with Crippen molar-refractivity contribution in [3.63, 3.8) is 0 Å². The Hall–Kier alpha value is -0.153. The summed E-state index contributed by atoms with van der Waals surface area (Å²) in [5.41, 5.74) is -0.114. The highest BCUT2D eigenvalue weighted by Crippen LogP contribution is 2.39. The van der Waals surface area contributed by atoms with Crippen LogP contribution in [-0.2, 0) is 9.22 Å². The number of aldehydes is 1. The van der Waals surface area contributed by atoms with E-state index in [0.717, 1.165) is 6.29 Å². The molecule has 0 amide bonds. The predicted octanol–water partition coefficient (Wildman–Crippen LogP) is 3.62. The van der Waals surface area contributed by atoms with Crippen molar-refractivity contribution in [1.29, 1.82) is 0 Å². The highest BCUT2D eigenvalue weighted by Gasteiger charge is 2.41. The van der Waals surface area contributed by atoms with Crippen LogP contribution in [0.5, 0.6) is 0 Å². The van der Waals surface area contributed by atoms with Crippen molar-refractivity contribution < 1.29 is 9.22 Å². The first-order chi connectivity index (χ1) is 6.42. The van der Waals surface area contributed by atoms with Crippen molar-refractivity contribution in [2.75, 3.05) is 0 Å². The molecule has 15 heavy (non-hydrogen) atoms. The van der Waals surface area contributed by atoms with E-state index in [2.05, 4.69) is 33.9 Å². The zero-order chi connectivity index (χ0) is 12.5. The number of rotatable bonds is 3. The zero-order valence-electron chi connectivity index (χ0n) is 11.5. The van der Waals surface area contributed by atoms with Gasteiger partial charge >= 0.3 is 0 Å². The minimum absolute atomic E-state index is 0.114. The van der Waals surface area contributed by atoms with Gasteiger partial charge in [-0.25, -0.2) is 0 Å². The summed E-state index contributed by atoms with van der Waals surface area (Å²) >= 11 is 0. The Bertz CT molecular complexity index is 221. The van der Waals surface area contributed by atoms with E-state index in [9.17, 15) is 4.79 Å². The van der Waals surface area contributed by atoms with Crippen LogP contribution in [0.2, 0.25) is 18.1 Å². The van der Waals surface area contributed by atoms with E-state index in [1.54, 1.807) is 0 Å². The third kappa shape index (κ3) is 4.07. The molecule has 0 fully saturated rings. The summed E-state index contributed by atoms with van der Waals surface area (Å²) in [4.78, 5) is 11.1. The van der Waals surface area contributed by atoms with E-state index in [4.69, 9.17) is 4.43 Å². The molecule has 0 bridgehead atoms. The molecule has 0 saturated carbocycles. The average Bonchev–Trinajstić information content (AvgIpc) is 1.95. The van der Waals surface area contributed by atoms with Crippen molar-refractivity contribution >= 4 is 14.6 Å². The van der Waals surface area contributed by atoms with E-state index in [1.807, 2.05) is 20.8 Å². The Morgan fingerprint density at radius 3 is 1.67 bits per heavy atom. The molecule has 3 heteroatoms. The SMILES string of the molecule is CC(C)(C)C(C=O)O[Si](C)(C)C(C)(C)C. The topological polar surface area (TPSA) is 26.3 Å². The summed E-state index contributed by atoms with van der Waals surface area (Å²) in [6, 6.07) is 0.